The molecule has 1 aromatic rings. The predicted octanol–water partition coefficient (Wildman–Crippen LogP) is 3.81. The molecule has 3 N–H and O–H groups in total. The SMILES string of the molecule is CCCCCC(CCc1ccc(O)cc1)C(=O)NC(CC)C(=O)N(C[C@H](C)[C@@H](C)O)C(C)=O. The van der Waals surface area contributed by atoms with E-state index in [1.165, 1.54) is 6.92 Å². The molecule has 0 aliphatic rings. The summed E-state index contributed by atoms with van der Waals surface area (Å²) in [6.45, 7) is 8.76. The van der Waals surface area contributed by atoms with Gasteiger partial charge in [0.25, 0.3) is 5.91 Å². The van der Waals surface area contributed by atoms with Crippen molar-refractivity contribution in [3.8, 4) is 5.75 Å². The van der Waals surface area contributed by atoms with Crippen molar-refractivity contribution >= 4 is 17.7 Å². The van der Waals surface area contributed by atoms with Gasteiger partial charge in [0, 0.05) is 19.4 Å². The fourth-order valence-electron chi connectivity index (χ4n) is 3.68. The molecule has 0 aliphatic carbocycles. The predicted molar refractivity (Wildman–Crippen MR) is 130 cm³/mol. The highest BCUT2D eigenvalue weighted by molar-refractivity contribution is 5.98. The van der Waals surface area contributed by atoms with Crippen molar-refractivity contribution in [2.24, 2.45) is 11.8 Å². The van der Waals surface area contributed by atoms with Gasteiger partial charge in [0.15, 0.2) is 0 Å². The number of benzene rings is 1. The molecule has 0 bridgehead atoms. The van der Waals surface area contributed by atoms with E-state index in [0.717, 1.165) is 36.1 Å². The molecule has 0 aliphatic heterocycles. The van der Waals surface area contributed by atoms with Crippen LogP contribution in [0.5, 0.6) is 5.75 Å². The zero-order chi connectivity index (χ0) is 25.0. The summed E-state index contributed by atoms with van der Waals surface area (Å²) in [6.07, 6.45) is 4.81. The van der Waals surface area contributed by atoms with Crippen molar-refractivity contribution in [2.45, 2.75) is 91.7 Å². The summed E-state index contributed by atoms with van der Waals surface area (Å²) < 4.78 is 0. The Kier molecular flexibility index (Phi) is 12.7. The largest absolute Gasteiger partial charge is 0.508 e. The lowest BCUT2D eigenvalue weighted by molar-refractivity contribution is -0.147. The van der Waals surface area contributed by atoms with Gasteiger partial charge >= 0.3 is 0 Å². The van der Waals surface area contributed by atoms with E-state index >= 15 is 0 Å². The van der Waals surface area contributed by atoms with Crippen molar-refractivity contribution in [1.29, 1.82) is 0 Å². The summed E-state index contributed by atoms with van der Waals surface area (Å²) in [5.41, 5.74) is 1.04. The van der Waals surface area contributed by atoms with Crippen molar-refractivity contribution in [2.75, 3.05) is 6.54 Å². The molecule has 0 saturated heterocycles. The van der Waals surface area contributed by atoms with Crippen LogP contribution in [0.4, 0.5) is 0 Å². The van der Waals surface area contributed by atoms with Crippen LogP contribution >= 0.6 is 0 Å². The molecule has 0 fully saturated rings. The van der Waals surface area contributed by atoms with Gasteiger partial charge in [0.05, 0.1) is 6.10 Å². The van der Waals surface area contributed by atoms with Crippen molar-refractivity contribution in [1.82, 2.24) is 10.2 Å². The quantitative estimate of drug-likeness (QED) is 0.365. The number of aliphatic hydroxyl groups excluding tert-OH is 1. The first-order valence-corrected chi connectivity index (χ1v) is 12.2. The molecule has 0 spiro atoms. The van der Waals surface area contributed by atoms with Crippen LogP contribution in [0, 0.1) is 11.8 Å². The molecule has 1 aromatic carbocycles. The highest BCUT2D eigenvalue weighted by Gasteiger charge is 2.30. The number of phenolic OH excluding ortho intramolecular Hbond substituents is 1. The highest BCUT2D eigenvalue weighted by Crippen LogP contribution is 2.20. The number of phenols is 1. The van der Waals surface area contributed by atoms with Gasteiger partial charge in [-0.2, -0.15) is 0 Å². The number of hydrogen-bond acceptors (Lipinski definition) is 5. The van der Waals surface area contributed by atoms with Gasteiger partial charge in [-0.1, -0.05) is 52.2 Å². The Hall–Kier alpha value is -2.41. The third kappa shape index (κ3) is 9.95. The van der Waals surface area contributed by atoms with E-state index in [1.807, 2.05) is 19.1 Å². The second kappa shape index (κ2) is 14.7. The van der Waals surface area contributed by atoms with Gasteiger partial charge in [-0.25, -0.2) is 0 Å². The number of unbranched alkanes of at least 4 members (excludes halogenated alkanes) is 2. The zero-order valence-corrected chi connectivity index (χ0v) is 20.8. The molecule has 0 saturated carbocycles. The standard InChI is InChI=1S/C26H42N2O5/c1-6-8-9-10-22(14-11-21-12-15-23(31)16-13-21)25(32)27-24(7-2)26(33)28(20(5)30)17-18(3)19(4)29/h12-13,15-16,18-19,22,24,29,31H,6-11,14,17H2,1-5H3,(H,27,32)/t18-,19+,22?,24?/m0/s1. The number of imide groups is 1. The fourth-order valence-corrected chi connectivity index (χ4v) is 3.68. The first kappa shape index (κ1) is 28.6. The first-order valence-electron chi connectivity index (χ1n) is 12.2. The zero-order valence-electron chi connectivity index (χ0n) is 20.8. The minimum absolute atomic E-state index is 0.110. The summed E-state index contributed by atoms with van der Waals surface area (Å²) in [5, 5.41) is 22.2. The Morgan fingerprint density at radius 1 is 1.03 bits per heavy atom. The number of nitrogens with one attached hydrogen (secondary N) is 1. The Balaban J connectivity index is 2.89. The number of aryl methyl sites for hydroxylation is 1. The van der Waals surface area contributed by atoms with E-state index in [0.29, 0.717) is 19.3 Å². The monoisotopic (exact) mass is 462 g/mol. The molecular weight excluding hydrogens is 420 g/mol. The number of amides is 3. The molecule has 7 nitrogen and oxygen atoms in total. The molecule has 4 atom stereocenters. The number of aliphatic hydroxyl groups is 1. The maximum Gasteiger partial charge on any atom is 0.251 e. The van der Waals surface area contributed by atoms with E-state index in [-0.39, 0.29) is 30.0 Å². The average Bonchev–Trinajstić information content (AvgIpc) is 2.78. The van der Waals surface area contributed by atoms with E-state index in [1.54, 1.807) is 26.0 Å². The minimum Gasteiger partial charge on any atom is -0.508 e. The second-order valence-electron chi connectivity index (χ2n) is 9.05. The molecule has 0 radical (unpaired) electrons. The molecule has 0 aromatic heterocycles. The topological polar surface area (TPSA) is 107 Å². The lowest BCUT2D eigenvalue weighted by Crippen LogP contribution is -2.52. The van der Waals surface area contributed by atoms with Gasteiger partial charge in [-0.05, 0) is 56.2 Å². The van der Waals surface area contributed by atoms with E-state index in [9.17, 15) is 24.6 Å². The Labute approximate surface area is 198 Å². The number of hydrogen-bond donors (Lipinski definition) is 3. The normalized spacial score (nSPS) is 14.7. The van der Waals surface area contributed by atoms with E-state index < -0.39 is 24.0 Å². The third-order valence-corrected chi connectivity index (χ3v) is 6.21. The highest BCUT2D eigenvalue weighted by atomic mass is 16.3. The summed E-state index contributed by atoms with van der Waals surface area (Å²) in [4.78, 5) is 39.5. The van der Waals surface area contributed by atoms with Crippen LogP contribution in [-0.4, -0.2) is 51.5 Å². The van der Waals surface area contributed by atoms with Crippen LogP contribution in [0.25, 0.3) is 0 Å². The molecule has 2 unspecified atom stereocenters. The summed E-state index contributed by atoms with van der Waals surface area (Å²) >= 11 is 0. The van der Waals surface area contributed by atoms with Gasteiger partial charge in [-0.3, -0.25) is 19.3 Å². The number of aromatic hydroxyl groups is 1. The molecule has 3 amide bonds. The van der Waals surface area contributed by atoms with Crippen LogP contribution in [0.2, 0.25) is 0 Å². The molecular formula is C26H42N2O5. The van der Waals surface area contributed by atoms with Crippen molar-refractivity contribution < 1.29 is 24.6 Å². The Morgan fingerprint density at radius 2 is 1.67 bits per heavy atom. The molecule has 0 heterocycles. The van der Waals surface area contributed by atoms with Gasteiger partial charge < -0.3 is 15.5 Å². The molecule has 33 heavy (non-hydrogen) atoms. The fraction of sp³-hybridized carbons (Fsp3) is 0.654. The second-order valence-corrected chi connectivity index (χ2v) is 9.05. The van der Waals surface area contributed by atoms with Crippen LogP contribution in [0.1, 0.15) is 78.7 Å². The Bertz CT molecular complexity index is 748. The molecule has 7 heteroatoms. The molecule has 186 valence electrons. The number of nitrogens with zero attached hydrogens (tertiary/aromatic N) is 1. The average molecular weight is 463 g/mol. The Morgan fingerprint density at radius 3 is 2.18 bits per heavy atom. The van der Waals surface area contributed by atoms with E-state index in [2.05, 4.69) is 12.2 Å². The van der Waals surface area contributed by atoms with Crippen LogP contribution in [0.3, 0.4) is 0 Å². The number of carbonyl (C=O) groups is 3. The maximum absolute atomic E-state index is 13.2. The lowest BCUT2D eigenvalue weighted by atomic mass is 9.92. The van der Waals surface area contributed by atoms with Crippen LogP contribution in [-0.2, 0) is 20.8 Å². The van der Waals surface area contributed by atoms with Crippen LogP contribution < -0.4 is 5.32 Å². The van der Waals surface area contributed by atoms with Crippen molar-refractivity contribution in [3.63, 3.8) is 0 Å². The van der Waals surface area contributed by atoms with Crippen molar-refractivity contribution in [3.05, 3.63) is 29.8 Å². The first-order chi connectivity index (χ1) is 15.6. The third-order valence-electron chi connectivity index (χ3n) is 6.21. The summed E-state index contributed by atoms with van der Waals surface area (Å²) in [7, 11) is 0. The van der Waals surface area contributed by atoms with Gasteiger partial charge in [0.2, 0.25) is 11.8 Å². The summed E-state index contributed by atoms with van der Waals surface area (Å²) in [5.74, 6) is -1.30. The lowest BCUT2D eigenvalue weighted by Gasteiger charge is -2.29. The van der Waals surface area contributed by atoms with Gasteiger partial charge in [-0.15, -0.1) is 0 Å². The van der Waals surface area contributed by atoms with E-state index in [4.69, 9.17) is 0 Å². The van der Waals surface area contributed by atoms with Gasteiger partial charge in [0.1, 0.15) is 11.8 Å². The minimum atomic E-state index is -0.787. The number of carbonyl (C=O) groups excluding carboxylic acids is 3. The smallest absolute Gasteiger partial charge is 0.251 e. The summed E-state index contributed by atoms with van der Waals surface area (Å²) in [6, 6.07) is 6.19. The maximum atomic E-state index is 13.2. The van der Waals surface area contributed by atoms with Crippen LogP contribution in [0.15, 0.2) is 24.3 Å². The molecule has 1 rings (SSSR count). The number of rotatable bonds is 14.